The van der Waals surface area contributed by atoms with Crippen molar-refractivity contribution in [2.45, 2.75) is 122 Å². The topological polar surface area (TPSA) is 49.7 Å². The van der Waals surface area contributed by atoms with E-state index in [4.69, 9.17) is 4.43 Å². The maximum absolute atomic E-state index is 9.54. The molecule has 0 atom stereocenters. The Kier molecular flexibility index (Phi) is 20.7. The Bertz CT molecular complexity index is 367. The van der Waals surface area contributed by atoms with Crippen LogP contribution in [-0.2, 0) is 4.43 Å². The second-order valence-electron chi connectivity index (χ2n) is 10.5. The van der Waals surface area contributed by atoms with Crippen molar-refractivity contribution in [2.24, 2.45) is 0 Å². The molecule has 0 aromatic carbocycles. The van der Waals surface area contributed by atoms with Gasteiger partial charge in [0.25, 0.3) is 0 Å². The molecule has 0 aliphatic heterocycles. The lowest BCUT2D eigenvalue weighted by molar-refractivity contribution is -0.890. The van der Waals surface area contributed by atoms with Crippen LogP contribution in [0.15, 0.2) is 0 Å². The van der Waals surface area contributed by atoms with Gasteiger partial charge in [0.15, 0.2) is 0 Å². The van der Waals surface area contributed by atoms with Gasteiger partial charge in [0.1, 0.15) is 0 Å². The van der Waals surface area contributed by atoms with Crippen LogP contribution in [0.5, 0.6) is 0 Å². The van der Waals surface area contributed by atoms with E-state index in [9.17, 15) is 10.2 Å². The first-order chi connectivity index (χ1) is 14.9. The average Bonchev–Trinajstić information content (AvgIpc) is 2.76. The number of unbranched alkanes of at least 4 members (excludes halogenated alkanes) is 15. The molecule has 0 saturated heterocycles. The molecule has 5 heteroatoms. The van der Waals surface area contributed by atoms with E-state index in [1.54, 1.807) is 7.11 Å². The molecule has 0 aromatic heterocycles. The summed E-state index contributed by atoms with van der Waals surface area (Å²) in [6, 6.07) is 0.844. The van der Waals surface area contributed by atoms with Crippen molar-refractivity contribution in [3.63, 3.8) is 0 Å². The Labute approximate surface area is 196 Å². The summed E-state index contributed by atoms with van der Waals surface area (Å²) in [4.78, 5) is 0. The van der Waals surface area contributed by atoms with Gasteiger partial charge < -0.3 is 19.1 Å². The van der Waals surface area contributed by atoms with Gasteiger partial charge >= 0.3 is 0 Å². The van der Waals surface area contributed by atoms with E-state index in [1.165, 1.54) is 109 Å². The number of quaternary nitrogens is 1. The summed E-state index contributed by atoms with van der Waals surface area (Å²) in [5, 5.41) is 19.1. The highest BCUT2D eigenvalue weighted by Crippen LogP contribution is 2.16. The van der Waals surface area contributed by atoms with Crippen LogP contribution in [0.1, 0.15) is 116 Å². The Hall–Kier alpha value is 0.0569. The summed E-state index contributed by atoms with van der Waals surface area (Å²) in [6.07, 6.45) is 23.7. The van der Waals surface area contributed by atoms with Crippen LogP contribution in [0.25, 0.3) is 0 Å². The van der Waals surface area contributed by atoms with Crippen LogP contribution in [0.4, 0.5) is 0 Å². The molecule has 0 fully saturated rings. The molecule has 2 N–H and O–H groups in total. The molecule has 0 aliphatic rings. The van der Waals surface area contributed by atoms with Crippen LogP contribution in [0, 0.1) is 0 Å². The van der Waals surface area contributed by atoms with E-state index in [0.29, 0.717) is 0 Å². The van der Waals surface area contributed by atoms with Crippen molar-refractivity contribution in [3.8, 4) is 0 Å². The average molecular weight is 461 g/mol. The van der Waals surface area contributed by atoms with Gasteiger partial charge in [-0.25, -0.2) is 0 Å². The van der Waals surface area contributed by atoms with Crippen LogP contribution in [0.2, 0.25) is 6.04 Å². The lowest BCUT2D eigenvalue weighted by atomic mass is 10.0. The van der Waals surface area contributed by atoms with Crippen LogP contribution in [-0.4, -0.2) is 69.8 Å². The van der Waals surface area contributed by atoms with Crippen LogP contribution < -0.4 is 0 Å². The molecule has 0 radical (unpaired) electrons. The molecule has 0 aromatic rings. The summed E-state index contributed by atoms with van der Waals surface area (Å²) in [5.74, 6) is 0. The van der Waals surface area contributed by atoms with Gasteiger partial charge in [0, 0.05) is 7.11 Å². The monoisotopic (exact) mass is 460 g/mol. The highest BCUT2D eigenvalue weighted by atomic mass is 28.4. The van der Waals surface area contributed by atoms with E-state index in [2.05, 4.69) is 21.0 Å². The Balaban J connectivity index is 3.47. The third kappa shape index (κ3) is 18.2. The largest absolute Gasteiger partial charge is 0.415 e. The van der Waals surface area contributed by atoms with E-state index < -0.39 is 8.32 Å². The first-order valence-electron chi connectivity index (χ1n) is 13.5. The molecule has 0 bridgehead atoms. The molecule has 4 nitrogen and oxygen atoms in total. The van der Waals surface area contributed by atoms with Gasteiger partial charge in [-0.15, -0.1) is 0 Å². The summed E-state index contributed by atoms with van der Waals surface area (Å²) in [6.45, 7) is 4.60. The first kappa shape index (κ1) is 31.1. The summed E-state index contributed by atoms with van der Waals surface area (Å²) in [7, 11) is 3.95. The lowest BCUT2D eigenvalue weighted by Crippen LogP contribution is -2.48. The van der Waals surface area contributed by atoms with Gasteiger partial charge in [-0.05, 0) is 25.3 Å². The number of rotatable bonds is 24. The Morgan fingerprint density at radius 2 is 0.935 bits per heavy atom. The highest BCUT2D eigenvalue weighted by molar-refractivity contribution is 6.73. The number of hydrogen-bond donors (Lipinski definition) is 2. The Morgan fingerprint density at radius 1 is 0.581 bits per heavy atom. The molecule has 0 saturated carbocycles. The Morgan fingerprint density at radius 3 is 1.29 bits per heavy atom. The molecule has 188 valence electrons. The van der Waals surface area contributed by atoms with Gasteiger partial charge in [-0.3, -0.25) is 0 Å². The normalized spacial score (nSPS) is 12.6. The zero-order chi connectivity index (χ0) is 23.3. The van der Waals surface area contributed by atoms with Gasteiger partial charge in [-0.1, -0.05) is 96.8 Å². The quantitative estimate of drug-likeness (QED) is 0.0999. The summed E-state index contributed by atoms with van der Waals surface area (Å²) in [5.41, 5.74) is 0. The van der Waals surface area contributed by atoms with Crippen molar-refractivity contribution in [3.05, 3.63) is 0 Å². The molecule has 0 spiro atoms. The number of aliphatic hydroxyl groups excluding tert-OH is 2. The number of nitrogens with zero attached hydrogens (tertiary/aromatic N) is 1. The van der Waals surface area contributed by atoms with Gasteiger partial charge in [-0.2, -0.15) is 0 Å². The molecular formula is C26H58NO3Si+. The second kappa shape index (κ2) is 20.6. The summed E-state index contributed by atoms with van der Waals surface area (Å²) >= 11 is 0. The zero-order valence-electron chi connectivity index (χ0n) is 21.8. The van der Waals surface area contributed by atoms with Crippen molar-refractivity contribution in [2.75, 3.05) is 46.8 Å². The standard InChI is InChI=1S/C26H58NO3Si/c1-5-6-7-8-9-10-11-12-13-14-15-16-17-18-19-20-22-27(2,3)23-21-24-31(25-28,26-29)30-4/h28-29H,5-26H2,1-4H3/q+1. The van der Waals surface area contributed by atoms with E-state index in [1.807, 2.05) is 0 Å². The van der Waals surface area contributed by atoms with Crippen LogP contribution in [0.3, 0.4) is 0 Å². The fourth-order valence-electron chi connectivity index (χ4n) is 4.47. The van der Waals surface area contributed by atoms with Crippen LogP contribution >= 0.6 is 0 Å². The zero-order valence-corrected chi connectivity index (χ0v) is 22.8. The smallest absolute Gasteiger partial charge is 0.242 e. The van der Waals surface area contributed by atoms with Gasteiger partial charge in [0.05, 0.1) is 39.6 Å². The fraction of sp³-hybridized carbons (Fsp3) is 1.00. The van der Waals surface area contributed by atoms with Crippen molar-refractivity contribution in [1.29, 1.82) is 0 Å². The lowest BCUT2D eigenvalue weighted by Gasteiger charge is -2.32. The fourth-order valence-corrected chi connectivity index (χ4v) is 6.15. The van der Waals surface area contributed by atoms with E-state index >= 15 is 0 Å². The minimum Gasteiger partial charge on any atom is -0.415 e. The van der Waals surface area contributed by atoms with Gasteiger partial charge in [0.2, 0.25) is 8.32 Å². The predicted octanol–water partition coefficient (Wildman–Crippen LogP) is 6.37. The van der Waals surface area contributed by atoms with Crippen molar-refractivity contribution in [1.82, 2.24) is 0 Å². The maximum atomic E-state index is 9.54. The SMILES string of the molecule is CCCCCCCCCCCCCCCCCC[N+](C)(C)CCC[Si](CO)(CO)OC. The maximum Gasteiger partial charge on any atom is 0.242 e. The van der Waals surface area contributed by atoms with E-state index in [0.717, 1.165) is 23.5 Å². The molecule has 31 heavy (non-hydrogen) atoms. The second-order valence-corrected chi connectivity index (χ2v) is 14.4. The minimum absolute atomic E-state index is 0.0204. The highest BCUT2D eigenvalue weighted by Gasteiger charge is 2.33. The van der Waals surface area contributed by atoms with Crippen molar-refractivity contribution >= 4 is 8.32 Å². The molecule has 0 unspecified atom stereocenters. The summed E-state index contributed by atoms with van der Waals surface area (Å²) < 4.78 is 6.51. The first-order valence-corrected chi connectivity index (χ1v) is 16.1. The third-order valence-corrected chi connectivity index (χ3v) is 10.3. The minimum atomic E-state index is -2.29. The predicted molar refractivity (Wildman–Crippen MR) is 138 cm³/mol. The molecule has 0 rings (SSSR count). The number of aliphatic hydroxyl groups is 2. The molecular weight excluding hydrogens is 402 g/mol. The molecule has 0 heterocycles. The van der Waals surface area contributed by atoms with Crippen molar-refractivity contribution < 1.29 is 19.1 Å². The van der Waals surface area contributed by atoms with E-state index in [-0.39, 0.29) is 12.5 Å². The molecule has 0 aliphatic carbocycles. The molecule has 0 amide bonds. The third-order valence-electron chi connectivity index (χ3n) is 7.02. The number of hydrogen-bond acceptors (Lipinski definition) is 3.